The summed E-state index contributed by atoms with van der Waals surface area (Å²) in [6, 6.07) is 7.83. The minimum absolute atomic E-state index is 0.00857. The van der Waals surface area contributed by atoms with Gasteiger partial charge in [-0.1, -0.05) is 15.9 Å². The fourth-order valence-corrected chi connectivity index (χ4v) is 3.89. The standard InChI is InChI=1S/C20H21BrN6O/c1-14-10-16(21)2-3-17(14)25-20(28)15-4-7-26(8-5-15)18-11-19(24-12-23-18)27-9-6-22-13-27/h2-3,6,9-13,15H,4-5,7-8H2,1H3,(H,25,28). The van der Waals surface area contributed by atoms with E-state index >= 15 is 0 Å². The first kappa shape index (κ1) is 18.6. The number of hydrogen-bond donors (Lipinski definition) is 1. The smallest absolute Gasteiger partial charge is 0.227 e. The second kappa shape index (κ2) is 8.10. The van der Waals surface area contributed by atoms with Gasteiger partial charge in [-0.3, -0.25) is 9.36 Å². The Bertz CT molecular complexity index is 967. The first-order chi connectivity index (χ1) is 13.6. The van der Waals surface area contributed by atoms with E-state index in [0.717, 1.165) is 53.3 Å². The predicted molar refractivity (Wildman–Crippen MR) is 112 cm³/mol. The molecule has 1 fully saturated rings. The topological polar surface area (TPSA) is 75.9 Å². The molecule has 3 heterocycles. The number of piperidine rings is 1. The number of nitrogens with zero attached hydrogens (tertiary/aromatic N) is 5. The van der Waals surface area contributed by atoms with Gasteiger partial charge >= 0.3 is 0 Å². The van der Waals surface area contributed by atoms with E-state index in [1.807, 2.05) is 42.0 Å². The summed E-state index contributed by atoms with van der Waals surface area (Å²) in [4.78, 5) is 27.6. The van der Waals surface area contributed by atoms with Gasteiger partial charge in [0.25, 0.3) is 0 Å². The van der Waals surface area contributed by atoms with E-state index in [-0.39, 0.29) is 11.8 Å². The number of carbonyl (C=O) groups excluding carboxylic acids is 1. The number of aryl methyl sites for hydroxylation is 1. The lowest BCUT2D eigenvalue weighted by Gasteiger charge is -2.32. The Kier molecular flexibility index (Phi) is 5.38. The van der Waals surface area contributed by atoms with Gasteiger partial charge < -0.3 is 10.2 Å². The predicted octanol–water partition coefficient (Wildman–Crippen LogP) is 3.59. The third-order valence-corrected chi connectivity index (χ3v) is 5.54. The summed E-state index contributed by atoms with van der Waals surface area (Å²) >= 11 is 3.45. The van der Waals surface area contributed by atoms with Gasteiger partial charge in [0, 0.05) is 47.6 Å². The molecule has 0 saturated carbocycles. The van der Waals surface area contributed by atoms with E-state index in [4.69, 9.17) is 0 Å². The Labute approximate surface area is 172 Å². The molecule has 0 bridgehead atoms. The number of halogens is 1. The highest BCUT2D eigenvalue weighted by Crippen LogP contribution is 2.25. The molecule has 4 rings (SSSR count). The van der Waals surface area contributed by atoms with Crippen LogP contribution in [0.5, 0.6) is 0 Å². The quantitative estimate of drug-likeness (QED) is 0.670. The van der Waals surface area contributed by atoms with Gasteiger partial charge in [0.15, 0.2) is 0 Å². The van der Waals surface area contributed by atoms with Crippen LogP contribution in [0.15, 0.2) is 53.8 Å². The Morgan fingerprint density at radius 2 is 1.96 bits per heavy atom. The fourth-order valence-electron chi connectivity index (χ4n) is 3.42. The van der Waals surface area contributed by atoms with Crippen LogP contribution in [0, 0.1) is 12.8 Å². The third kappa shape index (κ3) is 4.06. The van der Waals surface area contributed by atoms with E-state index in [0.29, 0.717) is 0 Å². The maximum Gasteiger partial charge on any atom is 0.227 e. The zero-order chi connectivity index (χ0) is 19.5. The van der Waals surface area contributed by atoms with Crippen LogP contribution in [-0.2, 0) is 4.79 Å². The molecule has 1 aromatic carbocycles. The molecule has 1 N–H and O–H groups in total. The Balaban J connectivity index is 1.38. The molecule has 1 aliphatic heterocycles. The SMILES string of the molecule is Cc1cc(Br)ccc1NC(=O)C1CCN(c2cc(-n3ccnc3)ncn2)CC1. The number of amides is 1. The van der Waals surface area contributed by atoms with Crippen molar-refractivity contribution in [3.63, 3.8) is 0 Å². The number of benzene rings is 1. The highest BCUT2D eigenvalue weighted by atomic mass is 79.9. The van der Waals surface area contributed by atoms with Gasteiger partial charge in [-0.25, -0.2) is 15.0 Å². The van der Waals surface area contributed by atoms with Crippen LogP contribution in [0.3, 0.4) is 0 Å². The summed E-state index contributed by atoms with van der Waals surface area (Å²) in [6.07, 6.45) is 8.45. The van der Waals surface area contributed by atoms with Crippen molar-refractivity contribution in [3.05, 3.63) is 59.3 Å². The van der Waals surface area contributed by atoms with Gasteiger partial charge in [0.1, 0.15) is 24.3 Å². The molecule has 3 aromatic rings. The van der Waals surface area contributed by atoms with Crippen LogP contribution in [0.1, 0.15) is 18.4 Å². The second-order valence-corrected chi connectivity index (χ2v) is 7.83. The van der Waals surface area contributed by atoms with Crippen molar-refractivity contribution in [3.8, 4) is 5.82 Å². The largest absolute Gasteiger partial charge is 0.356 e. The molecule has 1 amide bonds. The van der Waals surface area contributed by atoms with E-state index in [9.17, 15) is 4.79 Å². The van der Waals surface area contributed by atoms with Crippen LogP contribution in [0.25, 0.3) is 5.82 Å². The Morgan fingerprint density at radius 1 is 1.18 bits per heavy atom. The van der Waals surface area contributed by atoms with Gasteiger partial charge in [0.2, 0.25) is 5.91 Å². The molecule has 2 aromatic heterocycles. The zero-order valence-electron chi connectivity index (χ0n) is 15.5. The minimum Gasteiger partial charge on any atom is -0.356 e. The summed E-state index contributed by atoms with van der Waals surface area (Å²) in [5.41, 5.74) is 1.92. The lowest BCUT2D eigenvalue weighted by atomic mass is 9.95. The van der Waals surface area contributed by atoms with Crippen LogP contribution in [0.2, 0.25) is 0 Å². The van der Waals surface area contributed by atoms with Gasteiger partial charge in [-0.15, -0.1) is 0 Å². The first-order valence-corrected chi connectivity index (χ1v) is 10.0. The molecule has 0 unspecified atom stereocenters. The number of rotatable bonds is 4. The molecule has 0 aliphatic carbocycles. The normalized spacial score (nSPS) is 14.9. The summed E-state index contributed by atoms with van der Waals surface area (Å²) in [7, 11) is 0. The Hall–Kier alpha value is -2.74. The van der Waals surface area contributed by atoms with E-state index < -0.39 is 0 Å². The van der Waals surface area contributed by atoms with Crippen LogP contribution < -0.4 is 10.2 Å². The van der Waals surface area contributed by atoms with Crippen LogP contribution >= 0.6 is 15.9 Å². The molecule has 8 heteroatoms. The Morgan fingerprint density at radius 3 is 2.68 bits per heavy atom. The number of imidazole rings is 1. The molecule has 0 atom stereocenters. The zero-order valence-corrected chi connectivity index (χ0v) is 17.1. The van der Waals surface area contributed by atoms with Gasteiger partial charge in [-0.05, 0) is 43.5 Å². The van der Waals surface area contributed by atoms with Crippen LogP contribution in [-0.4, -0.2) is 38.5 Å². The van der Waals surface area contributed by atoms with Gasteiger partial charge in [0.05, 0.1) is 0 Å². The van der Waals surface area contributed by atoms with E-state index in [2.05, 4.69) is 41.1 Å². The number of nitrogens with one attached hydrogen (secondary N) is 1. The summed E-state index contributed by atoms with van der Waals surface area (Å²) in [5, 5.41) is 3.08. The number of anilines is 2. The third-order valence-electron chi connectivity index (χ3n) is 5.04. The summed E-state index contributed by atoms with van der Waals surface area (Å²) in [5.74, 6) is 1.76. The molecular formula is C20H21BrN6O. The average Bonchev–Trinajstić information content (AvgIpc) is 3.25. The molecular weight excluding hydrogens is 420 g/mol. The first-order valence-electron chi connectivity index (χ1n) is 9.22. The molecule has 1 aliphatic rings. The van der Waals surface area contributed by atoms with Crippen molar-refractivity contribution in [1.29, 1.82) is 0 Å². The second-order valence-electron chi connectivity index (χ2n) is 6.91. The summed E-state index contributed by atoms with van der Waals surface area (Å²) in [6.45, 7) is 3.57. The summed E-state index contributed by atoms with van der Waals surface area (Å²) < 4.78 is 2.86. The number of aromatic nitrogens is 4. The highest BCUT2D eigenvalue weighted by molar-refractivity contribution is 9.10. The van der Waals surface area contributed by atoms with E-state index in [1.165, 1.54) is 0 Å². The fraction of sp³-hybridized carbons (Fsp3) is 0.300. The number of carbonyl (C=O) groups is 1. The van der Waals surface area contributed by atoms with Crippen molar-refractivity contribution in [2.75, 3.05) is 23.3 Å². The molecule has 0 radical (unpaired) electrons. The lowest BCUT2D eigenvalue weighted by Crippen LogP contribution is -2.38. The number of hydrogen-bond acceptors (Lipinski definition) is 5. The molecule has 7 nitrogen and oxygen atoms in total. The maximum atomic E-state index is 12.7. The minimum atomic E-state index is 0.00857. The van der Waals surface area contributed by atoms with E-state index in [1.54, 1.807) is 18.9 Å². The molecule has 28 heavy (non-hydrogen) atoms. The maximum absolute atomic E-state index is 12.7. The van der Waals surface area contributed by atoms with Crippen LogP contribution in [0.4, 0.5) is 11.5 Å². The average molecular weight is 441 g/mol. The molecule has 1 saturated heterocycles. The van der Waals surface area contributed by atoms with Crippen molar-refractivity contribution < 1.29 is 4.79 Å². The lowest BCUT2D eigenvalue weighted by molar-refractivity contribution is -0.120. The van der Waals surface area contributed by atoms with Crippen molar-refractivity contribution in [2.24, 2.45) is 5.92 Å². The highest BCUT2D eigenvalue weighted by Gasteiger charge is 2.26. The van der Waals surface area contributed by atoms with Gasteiger partial charge in [-0.2, -0.15) is 0 Å². The van der Waals surface area contributed by atoms with Crippen molar-refractivity contribution in [1.82, 2.24) is 19.5 Å². The monoisotopic (exact) mass is 440 g/mol. The van der Waals surface area contributed by atoms with Crippen molar-refractivity contribution >= 4 is 33.3 Å². The molecule has 144 valence electrons. The molecule has 0 spiro atoms. The van der Waals surface area contributed by atoms with Crippen molar-refractivity contribution in [2.45, 2.75) is 19.8 Å².